The van der Waals surface area contributed by atoms with E-state index in [1.807, 2.05) is 0 Å². The van der Waals surface area contributed by atoms with Crippen LogP contribution in [0.3, 0.4) is 0 Å². The van der Waals surface area contributed by atoms with Gasteiger partial charge in [-0.05, 0) is 12.1 Å². The zero-order chi connectivity index (χ0) is 14.8. The van der Waals surface area contributed by atoms with Crippen molar-refractivity contribution >= 4 is 0 Å². The van der Waals surface area contributed by atoms with Gasteiger partial charge in [0.25, 0.3) is 0 Å². The number of halogens is 4. The van der Waals surface area contributed by atoms with Crippen LogP contribution in [-0.4, -0.2) is 4.98 Å². The number of alkyl halides is 3. The zero-order valence-electron chi connectivity index (χ0n) is 10.1. The highest BCUT2D eigenvalue weighted by molar-refractivity contribution is 5.65. The predicted molar refractivity (Wildman–Crippen MR) is 64.0 cm³/mol. The lowest BCUT2D eigenvalue weighted by Gasteiger charge is -2.13. The number of pyridine rings is 1. The van der Waals surface area contributed by atoms with Crippen LogP contribution in [-0.2, 0) is 12.6 Å². The van der Waals surface area contributed by atoms with E-state index in [1.165, 1.54) is 24.4 Å². The summed E-state index contributed by atoms with van der Waals surface area (Å²) in [4.78, 5) is 3.68. The third-order valence-electron chi connectivity index (χ3n) is 2.73. The average Bonchev–Trinajstić information content (AvgIpc) is 2.40. The van der Waals surface area contributed by atoms with Crippen molar-refractivity contribution in [2.24, 2.45) is 0 Å². The average molecular weight is 280 g/mol. The Labute approximate surface area is 112 Å². The summed E-state index contributed by atoms with van der Waals surface area (Å²) in [6.07, 6.45) is -3.64. The Hall–Kier alpha value is -2.42. The second-order valence-corrected chi connectivity index (χ2v) is 4.01. The third kappa shape index (κ3) is 2.62. The van der Waals surface area contributed by atoms with Gasteiger partial charge in [-0.15, -0.1) is 0 Å². The second-order valence-electron chi connectivity index (χ2n) is 4.01. The highest BCUT2D eigenvalue weighted by Crippen LogP contribution is 2.37. The molecule has 102 valence electrons. The van der Waals surface area contributed by atoms with Crippen molar-refractivity contribution in [2.45, 2.75) is 12.6 Å². The maximum absolute atomic E-state index is 14.1. The highest BCUT2D eigenvalue weighted by Gasteiger charge is 2.34. The van der Waals surface area contributed by atoms with Crippen molar-refractivity contribution in [3.05, 3.63) is 53.5 Å². The number of hydrogen-bond donors (Lipinski definition) is 0. The van der Waals surface area contributed by atoms with Crippen LogP contribution in [0, 0.1) is 17.1 Å². The van der Waals surface area contributed by atoms with Gasteiger partial charge >= 0.3 is 6.18 Å². The molecule has 0 N–H and O–H groups in total. The molecule has 1 aromatic carbocycles. The first-order chi connectivity index (χ1) is 9.45. The first-order valence-electron chi connectivity index (χ1n) is 5.62. The van der Waals surface area contributed by atoms with Crippen LogP contribution in [0.2, 0.25) is 0 Å². The molecule has 2 aromatic rings. The van der Waals surface area contributed by atoms with E-state index in [0.29, 0.717) is 0 Å². The number of hydrogen-bond acceptors (Lipinski definition) is 2. The number of aromatic nitrogens is 1. The SMILES string of the molecule is N#CCc1ccnc(-c2ccccc2C(F)(F)F)c1F. The van der Waals surface area contributed by atoms with Gasteiger partial charge in [-0.1, -0.05) is 18.2 Å². The van der Waals surface area contributed by atoms with Gasteiger partial charge < -0.3 is 0 Å². The number of benzene rings is 1. The van der Waals surface area contributed by atoms with E-state index in [9.17, 15) is 17.6 Å². The fraction of sp³-hybridized carbons (Fsp3) is 0.143. The van der Waals surface area contributed by atoms with Gasteiger partial charge in [-0.3, -0.25) is 4.98 Å². The van der Waals surface area contributed by atoms with Crippen molar-refractivity contribution < 1.29 is 17.6 Å². The Morgan fingerprint density at radius 3 is 2.50 bits per heavy atom. The van der Waals surface area contributed by atoms with E-state index in [0.717, 1.165) is 12.1 Å². The zero-order valence-corrected chi connectivity index (χ0v) is 10.1. The summed E-state index contributed by atoms with van der Waals surface area (Å²) in [5, 5.41) is 8.57. The maximum Gasteiger partial charge on any atom is 0.417 e. The maximum atomic E-state index is 14.1. The number of nitrogens with zero attached hydrogens (tertiary/aromatic N) is 2. The summed E-state index contributed by atoms with van der Waals surface area (Å²) in [5.41, 5.74) is -1.67. The van der Waals surface area contributed by atoms with Crippen LogP contribution in [0.5, 0.6) is 0 Å². The van der Waals surface area contributed by atoms with E-state index in [1.54, 1.807) is 6.07 Å². The van der Waals surface area contributed by atoms with Gasteiger partial charge in [0.15, 0.2) is 5.82 Å². The van der Waals surface area contributed by atoms with Crippen molar-refractivity contribution in [3.8, 4) is 17.3 Å². The van der Waals surface area contributed by atoms with Crippen LogP contribution in [0.4, 0.5) is 17.6 Å². The molecular weight excluding hydrogens is 272 g/mol. The molecule has 0 aliphatic rings. The van der Waals surface area contributed by atoms with Crippen LogP contribution in [0.25, 0.3) is 11.3 Å². The smallest absolute Gasteiger partial charge is 0.253 e. The molecule has 1 aromatic heterocycles. The molecule has 0 unspecified atom stereocenters. The minimum Gasteiger partial charge on any atom is -0.253 e. The third-order valence-corrected chi connectivity index (χ3v) is 2.73. The van der Waals surface area contributed by atoms with E-state index >= 15 is 0 Å². The summed E-state index contributed by atoms with van der Waals surface area (Å²) in [5.74, 6) is -0.897. The Morgan fingerprint density at radius 1 is 1.15 bits per heavy atom. The van der Waals surface area contributed by atoms with E-state index in [-0.39, 0.29) is 17.5 Å². The molecule has 6 heteroatoms. The van der Waals surface area contributed by atoms with Crippen molar-refractivity contribution in [1.29, 1.82) is 5.26 Å². The Kier molecular flexibility index (Phi) is 3.70. The van der Waals surface area contributed by atoms with Gasteiger partial charge in [-0.2, -0.15) is 18.4 Å². The molecule has 1 heterocycles. The molecule has 0 radical (unpaired) electrons. The standard InChI is InChI=1S/C14H8F4N2/c15-12-9(5-7-19)6-8-20-13(12)10-3-1-2-4-11(10)14(16,17)18/h1-4,6,8H,5H2. The van der Waals surface area contributed by atoms with E-state index < -0.39 is 23.3 Å². The first kappa shape index (κ1) is 14.0. The topological polar surface area (TPSA) is 36.7 Å². The van der Waals surface area contributed by atoms with Gasteiger partial charge in [0, 0.05) is 17.3 Å². The summed E-state index contributed by atoms with van der Waals surface area (Å²) >= 11 is 0. The predicted octanol–water partition coefficient (Wildman–Crippen LogP) is 3.97. The highest BCUT2D eigenvalue weighted by atomic mass is 19.4. The quantitative estimate of drug-likeness (QED) is 0.780. The molecule has 0 bridgehead atoms. The lowest BCUT2D eigenvalue weighted by molar-refractivity contribution is -0.137. The molecule has 0 aliphatic carbocycles. The van der Waals surface area contributed by atoms with Crippen LogP contribution in [0.15, 0.2) is 36.5 Å². The molecule has 20 heavy (non-hydrogen) atoms. The van der Waals surface area contributed by atoms with Gasteiger partial charge in [-0.25, -0.2) is 4.39 Å². The van der Waals surface area contributed by atoms with Crippen LogP contribution < -0.4 is 0 Å². The van der Waals surface area contributed by atoms with Gasteiger partial charge in [0.2, 0.25) is 0 Å². The van der Waals surface area contributed by atoms with Crippen molar-refractivity contribution in [2.75, 3.05) is 0 Å². The molecule has 0 fully saturated rings. The first-order valence-corrected chi connectivity index (χ1v) is 5.62. The van der Waals surface area contributed by atoms with E-state index in [2.05, 4.69) is 4.98 Å². The molecule has 0 amide bonds. The molecule has 2 nitrogen and oxygen atoms in total. The summed E-state index contributed by atoms with van der Waals surface area (Å²) in [7, 11) is 0. The summed E-state index contributed by atoms with van der Waals surface area (Å²) in [6, 6.07) is 7.66. The number of nitriles is 1. The van der Waals surface area contributed by atoms with Crippen molar-refractivity contribution in [3.63, 3.8) is 0 Å². The summed E-state index contributed by atoms with van der Waals surface area (Å²) < 4.78 is 52.9. The normalized spacial score (nSPS) is 11.2. The Morgan fingerprint density at radius 2 is 1.85 bits per heavy atom. The lowest BCUT2D eigenvalue weighted by atomic mass is 10.0. The monoisotopic (exact) mass is 280 g/mol. The molecule has 0 saturated heterocycles. The van der Waals surface area contributed by atoms with Gasteiger partial charge in [0.05, 0.1) is 18.1 Å². The van der Waals surface area contributed by atoms with E-state index in [4.69, 9.17) is 5.26 Å². The Balaban J connectivity index is 2.65. The molecule has 2 rings (SSSR count). The molecule has 0 atom stereocenters. The fourth-order valence-corrected chi connectivity index (χ4v) is 1.83. The van der Waals surface area contributed by atoms with Crippen LogP contribution in [0.1, 0.15) is 11.1 Å². The molecule has 0 saturated carbocycles. The largest absolute Gasteiger partial charge is 0.417 e. The van der Waals surface area contributed by atoms with Crippen LogP contribution >= 0.6 is 0 Å². The minimum atomic E-state index is -4.60. The van der Waals surface area contributed by atoms with Gasteiger partial charge in [0.1, 0.15) is 5.69 Å². The molecular formula is C14H8F4N2. The summed E-state index contributed by atoms with van der Waals surface area (Å²) in [6.45, 7) is 0. The molecule has 0 spiro atoms. The second kappa shape index (κ2) is 5.29. The molecule has 0 aliphatic heterocycles. The Bertz CT molecular complexity index is 672. The van der Waals surface area contributed by atoms with Crippen molar-refractivity contribution in [1.82, 2.24) is 4.98 Å². The number of rotatable bonds is 2. The fourth-order valence-electron chi connectivity index (χ4n) is 1.83. The lowest BCUT2D eigenvalue weighted by Crippen LogP contribution is -2.08. The minimum absolute atomic E-state index is 0.0227.